The zero-order valence-electron chi connectivity index (χ0n) is 13.0. The standard InChI is InChI=1S/C19H11ClO5/c1-9(21)24-13-8-4-7-12-14(13)17(22)16(20)15-10-5-2-3-6-11(10)19(23)25-18(12)15/h2-8,22H,1H3. The second kappa shape index (κ2) is 5.50. The number of halogens is 1. The molecule has 6 heteroatoms. The van der Waals surface area contributed by atoms with Crippen molar-refractivity contribution in [3.63, 3.8) is 0 Å². The fourth-order valence-corrected chi connectivity index (χ4v) is 3.32. The van der Waals surface area contributed by atoms with Crippen molar-refractivity contribution in [2.75, 3.05) is 0 Å². The lowest BCUT2D eigenvalue weighted by atomic mass is 10.0. The van der Waals surface area contributed by atoms with Crippen LogP contribution in [0.4, 0.5) is 0 Å². The van der Waals surface area contributed by atoms with Gasteiger partial charge in [-0.1, -0.05) is 41.9 Å². The minimum Gasteiger partial charge on any atom is -0.506 e. The lowest BCUT2D eigenvalue weighted by Gasteiger charge is -2.13. The van der Waals surface area contributed by atoms with Gasteiger partial charge in [0.15, 0.2) is 0 Å². The van der Waals surface area contributed by atoms with E-state index in [0.717, 1.165) is 0 Å². The van der Waals surface area contributed by atoms with E-state index in [4.69, 9.17) is 20.8 Å². The number of aromatic hydroxyl groups is 1. The maximum atomic E-state index is 12.3. The van der Waals surface area contributed by atoms with E-state index in [1.54, 1.807) is 36.4 Å². The predicted molar refractivity (Wildman–Crippen MR) is 95.5 cm³/mol. The van der Waals surface area contributed by atoms with Crippen molar-refractivity contribution in [2.24, 2.45) is 0 Å². The molecule has 0 bridgehead atoms. The van der Waals surface area contributed by atoms with E-state index in [-0.39, 0.29) is 27.5 Å². The number of esters is 1. The first-order valence-corrected chi connectivity index (χ1v) is 7.84. The Morgan fingerprint density at radius 2 is 1.72 bits per heavy atom. The van der Waals surface area contributed by atoms with Crippen molar-refractivity contribution in [3.8, 4) is 11.5 Å². The van der Waals surface area contributed by atoms with Crippen LogP contribution in [0.5, 0.6) is 11.5 Å². The number of rotatable bonds is 1. The van der Waals surface area contributed by atoms with Crippen molar-refractivity contribution in [3.05, 3.63) is 57.9 Å². The van der Waals surface area contributed by atoms with Crippen LogP contribution in [-0.4, -0.2) is 11.1 Å². The van der Waals surface area contributed by atoms with Gasteiger partial charge in [-0.3, -0.25) is 4.79 Å². The molecule has 0 amide bonds. The van der Waals surface area contributed by atoms with Gasteiger partial charge in [0.2, 0.25) is 0 Å². The summed E-state index contributed by atoms with van der Waals surface area (Å²) in [6.45, 7) is 1.26. The second-order valence-electron chi connectivity index (χ2n) is 5.57. The molecule has 0 aliphatic rings. The molecule has 0 spiro atoms. The molecule has 4 rings (SSSR count). The maximum absolute atomic E-state index is 12.3. The van der Waals surface area contributed by atoms with Crippen molar-refractivity contribution >= 4 is 50.1 Å². The van der Waals surface area contributed by atoms with Crippen LogP contribution in [0, 0.1) is 0 Å². The van der Waals surface area contributed by atoms with Gasteiger partial charge >= 0.3 is 11.6 Å². The first-order chi connectivity index (χ1) is 12.0. The molecule has 0 saturated carbocycles. The van der Waals surface area contributed by atoms with Crippen molar-refractivity contribution in [1.29, 1.82) is 0 Å². The van der Waals surface area contributed by atoms with Gasteiger partial charge < -0.3 is 14.3 Å². The number of hydrogen-bond acceptors (Lipinski definition) is 5. The number of ether oxygens (including phenoxy) is 1. The molecular formula is C19H11ClO5. The van der Waals surface area contributed by atoms with Crippen LogP contribution in [0.2, 0.25) is 5.02 Å². The van der Waals surface area contributed by atoms with Crippen LogP contribution >= 0.6 is 11.6 Å². The number of hydrogen-bond donors (Lipinski definition) is 1. The largest absolute Gasteiger partial charge is 0.506 e. The minimum absolute atomic E-state index is 0.0297. The Kier molecular flexibility index (Phi) is 3.40. The number of carbonyl (C=O) groups is 1. The van der Waals surface area contributed by atoms with Crippen LogP contribution < -0.4 is 10.4 Å². The molecule has 3 aromatic carbocycles. The maximum Gasteiger partial charge on any atom is 0.344 e. The van der Waals surface area contributed by atoms with Gasteiger partial charge in [0.1, 0.15) is 17.1 Å². The Balaban J connectivity index is 2.30. The van der Waals surface area contributed by atoms with Crippen LogP contribution in [-0.2, 0) is 4.79 Å². The summed E-state index contributed by atoms with van der Waals surface area (Å²) in [5.41, 5.74) is -0.278. The van der Waals surface area contributed by atoms with Crippen molar-refractivity contribution in [2.45, 2.75) is 6.92 Å². The van der Waals surface area contributed by atoms with E-state index in [9.17, 15) is 14.7 Å². The van der Waals surface area contributed by atoms with Crippen LogP contribution in [0.15, 0.2) is 51.7 Å². The lowest BCUT2D eigenvalue weighted by Crippen LogP contribution is -2.03. The quantitative estimate of drug-likeness (QED) is 0.237. The number of phenolic OH excluding ortho intramolecular Hbond substituents is 1. The zero-order chi connectivity index (χ0) is 17.7. The molecule has 0 fully saturated rings. The molecular weight excluding hydrogens is 344 g/mol. The monoisotopic (exact) mass is 354 g/mol. The van der Waals surface area contributed by atoms with Gasteiger partial charge in [-0.05, 0) is 12.1 Å². The third kappa shape index (κ3) is 2.24. The summed E-state index contributed by atoms with van der Waals surface area (Å²) in [7, 11) is 0. The normalized spacial score (nSPS) is 11.3. The highest BCUT2D eigenvalue weighted by Gasteiger charge is 2.21. The highest BCUT2D eigenvalue weighted by molar-refractivity contribution is 6.41. The van der Waals surface area contributed by atoms with Gasteiger partial charge in [-0.2, -0.15) is 0 Å². The van der Waals surface area contributed by atoms with E-state index < -0.39 is 11.6 Å². The lowest BCUT2D eigenvalue weighted by molar-refractivity contribution is -0.131. The molecule has 1 heterocycles. The zero-order valence-corrected chi connectivity index (χ0v) is 13.8. The number of fused-ring (bicyclic) bond motifs is 5. The summed E-state index contributed by atoms with van der Waals surface area (Å²) in [5.74, 6) is -0.634. The van der Waals surface area contributed by atoms with Gasteiger partial charge in [-0.15, -0.1) is 0 Å². The smallest absolute Gasteiger partial charge is 0.344 e. The van der Waals surface area contributed by atoms with E-state index in [1.165, 1.54) is 13.0 Å². The molecule has 0 aliphatic heterocycles. The summed E-state index contributed by atoms with van der Waals surface area (Å²) < 4.78 is 10.6. The van der Waals surface area contributed by atoms with Crippen LogP contribution in [0.25, 0.3) is 32.5 Å². The van der Waals surface area contributed by atoms with Gasteiger partial charge in [0.05, 0.1) is 15.8 Å². The highest BCUT2D eigenvalue weighted by atomic mass is 35.5. The van der Waals surface area contributed by atoms with Gasteiger partial charge in [0.25, 0.3) is 0 Å². The summed E-state index contributed by atoms with van der Waals surface area (Å²) in [4.78, 5) is 23.7. The fourth-order valence-electron chi connectivity index (χ4n) is 3.04. The Morgan fingerprint density at radius 1 is 1.04 bits per heavy atom. The number of benzene rings is 3. The van der Waals surface area contributed by atoms with E-state index in [0.29, 0.717) is 21.5 Å². The average Bonchev–Trinajstić information content (AvgIpc) is 2.59. The average molecular weight is 355 g/mol. The molecule has 0 unspecified atom stereocenters. The molecule has 5 nitrogen and oxygen atoms in total. The fraction of sp³-hybridized carbons (Fsp3) is 0.0526. The van der Waals surface area contributed by atoms with Crippen molar-refractivity contribution in [1.82, 2.24) is 0 Å². The molecule has 1 aromatic heterocycles. The third-order valence-electron chi connectivity index (χ3n) is 4.03. The molecule has 0 saturated heterocycles. The molecule has 0 aliphatic carbocycles. The molecule has 124 valence electrons. The summed E-state index contributed by atoms with van der Waals surface area (Å²) >= 11 is 6.39. The number of carbonyl (C=O) groups excluding carboxylic acids is 1. The van der Waals surface area contributed by atoms with Gasteiger partial charge in [-0.25, -0.2) is 4.79 Å². The Labute approximate surface area is 146 Å². The van der Waals surface area contributed by atoms with E-state index >= 15 is 0 Å². The number of phenols is 1. The predicted octanol–water partition coefficient (Wildman–Crippen LogP) is 4.38. The highest BCUT2D eigenvalue weighted by Crippen LogP contribution is 2.45. The summed E-state index contributed by atoms with van der Waals surface area (Å²) in [5, 5.41) is 12.7. The van der Waals surface area contributed by atoms with Crippen LogP contribution in [0.3, 0.4) is 0 Å². The summed E-state index contributed by atoms with van der Waals surface area (Å²) in [6.07, 6.45) is 0. The molecule has 0 radical (unpaired) electrons. The topological polar surface area (TPSA) is 76.7 Å². The van der Waals surface area contributed by atoms with Gasteiger partial charge in [0, 0.05) is 23.1 Å². The first kappa shape index (κ1) is 15.5. The summed E-state index contributed by atoms with van der Waals surface area (Å²) in [6, 6.07) is 11.7. The Bertz CT molecular complexity index is 1240. The Hall–Kier alpha value is -3.05. The SMILES string of the molecule is CC(=O)Oc1cccc2c1c(O)c(Cl)c1c3ccccc3c(=O)oc21. The Morgan fingerprint density at radius 3 is 2.44 bits per heavy atom. The second-order valence-corrected chi connectivity index (χ2v) is 5.95. The van der Waals surface area contributed by atoms with E-state index in [1.807, 2.05) is 0 Å². The molecule has 0 atom stereocenters. The van der Waals surface area contributed by atoms with E-state index in [2.05, 4.69) is 0 Å². The molecule has 1 N–H and O–H groups in total. The van der Waals surface area contributed by atoms with Crippen molar-refractivity contribution < 1.29 is 19.1 Å². The minimum atomic E-state index is -0.539. The van der Waals surface area contributed by atoms with Crippen LogP contribution in [0.1, 0.15) is 6.92 Å². The third-order valence-corrected chi connectivity index (χ3v) is 4.39. The molecule has 4 aromatic rings. The molecule has 25 heavy (non-hydrogen) atoms. The first-order valence-electron chi connectivity index (χ1n) is 7.46.